The number of nitrogens with one attached hydrogen (secondary N) is 3. The topological polar surface area (TPSA) is 209 Å². The Hall–Kier alpha value is -10.9. The van der Waals surface area contributed by atoms with Gasteiger partial charge in [-0.15, -0.1) is 0 Å². The summed E-state index contributed by atoms with van der Waals surface area (Å²) in [6.07, 6.45) is 16.8. The van der Waals surface area contributed by atoms with Crippen LogP contribution in [0.5, 0.6) is 17.2 Å². The molecule has 12 heterocycles. The molecule has 24 heteroatoms. The predicted octanol–water partition coefficient (Wildman–Crippen LogP) is 11.0. The van der Waals surface area contributed by atoms with E-state index in [9.17, 15) is 18.0 Å². The van der Waals surface area contributed by atoms with Crippen LogP contribution in [0.15, 0.2) is 128 Å². The Morgan fingerprint density at radius 2 is 0.926 bits per heavy atom. The van der Waals surface area contributed by atoms with Gasteiger partial charge in [0.1, 0.15) is 46.0 Å². The van der Waals surface area contributed by atoms with E-state index in [0.717, 1.165) is 146 Å². The molecule has 0 saturated carbocycles. The lowest BCUT2D eigenvalue weighted by Crippen LogP contribution is -2.47. The van der Waals surface area contributed by atoms with Crippen molar-refractivity contribution in [3.05, 3.63) is 208 Å². The van der Waals surface area contributed by atoms with Crippen molar-refractivity contribution in [2.45, 2.75) is 66.6 Å². The maximum Gasteiger partial charge on any atom is 0.253 e. The number of aromatic nitrogens is 12. The molecule has 3 N–H and O–H groups in total. The van der Waals surface area contributed by atoms with Crippen molar-refractivity contribution in [3.8, 4) is 50.8 Å². The predicted molar refractivity (Wildman–Crippen MR) is 351 cm³/mol. The number of nitrogens with zero attached hydrogens (tertiary/aromatic N) is 14. The molecule has 0 bridgehead atoms. The zero-order chi connectivity index (χ0) is 64.7. The van der Waals surface area contributed by atoms with Crippen molar-refractivity contribution in [3.63, 3.8) is 0 Å². The van der Waals surface area contributed by atoms with Crippen molar-refractivity contribution in [1.29, 1.82) is 0 Å². The van der Waals surface area contributed by atoms with Crippen molar-refractivity contribution in [1.82, 2.24) is 67.7 Å². The van der Waals surface area contributed by atoms with Crippen LogP contribution in [0.2, 0.25) is 0 Å². The molecule has 4 aliphatic rings. The number of hydrogen-bond acceptors (Lipinski definition) is 16. The van der Waals surface area contributed by atoms with Gasteiger partial charge in [0.15, 0.2) is 5.65 Å². The number of halogens is 3. The summed E-state index contributed by atoms with van der Waals surface area (Å²) in [5.41, 5.74) is 16.7. The van der Waals surface area contributed by atoms with Crippen LogP contribution in [0.1, 0.15) is 66.5 Å². The molecule has 0 atom stereocenters. The molecule has 478 valence electrons. The van der Waals surface area contributed by atoms with Gasteiger partial charge in [-0.3, -0.25) is 27.7 Å². The number of fused-ring (bicyclic) bond motifs is 6. The number of aryl methyl sites for hydroxylation is 5. The smallest absolute Gasteiger partial charge is 0.253 e. The number of ether oxygens (including phenoxy) is 3. The number of hydrogen-bond donors (Lipinski definition) is 3. The second kappa shape index (κ2) is 25.7. The number of piperazine rings is 1. The number of rotatable bonds is 13. The number of pyridine rings is 1. The molecule has 4 aliphatic heterocycles. The Labute approximate surface area is 539 Å². The summed E-state index contributed by atoms with van der Waals surface area (Å²) in [6.45, 7) is 13.7. The highest BCUT2D eigenvalue weighted by molar-refractivity contribution is 5.95. The van der Waals surface area contributed by atoms with E-state index in [0.29, 0.717) is 86.0 Å². The summed E-state index contributed by atoms with van der Waals surface area (Å²) in [6, 6.07) is 23.0. The summed E-state index contributed by atoms with van der Waals surface area (Å²) in [5, 5.41) is 14.1. The van der Waals surface area contributed by atoms with E-state index >= 15 is 0 Å². The maximum absolute atomic E-state index is 14.6. The number of carbonyl (C=O) groups excluding carboxylic acids is 1. The molecule has 1 fully saturated rings. The molecule has 1 amide bonds. The molecule has 0 aliphatic carbocycles. The molecule has 0 unspecified atom stereocenters. The van der Waals surface area contributed by atoms with Gasteiger partial charge in [0.2, 0.25) is 17.8 Å². The molecule has 16 rings (SSSR count). The Morgan fingerprint density at radius 3 is 1.36 bits per heavy atom. The first-order valence-electron chi connectivity index (χ1n) is 31.2. The lowest BCUT2D eigenvalue weighted by Gasteiger charge is -2.32. The fraction of sp³-hybridized carbons (Fsp3) is 0.271. The van der Waals surface area contributed by atoms with Crippen LogP contribution in [0.4, 0.5) is 31.0 Å². The molecule has 0 radical (unpaired) electrons. The van der Waals surface area contributed by atoms with Crippen molar-refractivity contribution < 1.29 is 32.2 Å². The van der Waals surface area contributed by atoms with Crippen molar-refractivity contribution in [2.24, 2.45) is 7.05 Å². The van der Waals surface area contributed by atoms with Gasteiger partial charge in [0, 0.05) is 177 Å². The van der Waals surface area contributed by atoms with E-state index in [2.05, 4.69) is 62.9 Å². The Morgan fingerprint density at radius 1 is 0.489 bits per heavy atom. The number of anilines is 3. The summed E-state index contributed by atoms with van der Waals surface area (Å²) in [5.74, 6) is 3.43. The Balaban J connectivity index is 0.000000123. The van der Waals surface area contributed by atoms with Gasteiger partial charge in [-0.05, 0) is 113 Å². The Kier molecular flexibility index (Phi) is 16.6. The fourth-order valence-corrected chi connectivity index (χ4v) is 12.6. The third-order valence-corrected chi connectivity index (χ3v) is 17.5. The number of imidazole rings is 3. The first kappa shape index (κ1) is 60.7. The molecule has 12 aromatic rings. The second-order valence-corrected chi connectivity index (χ2v) is 23.8. The molecule has 4 aromatic carbocycles. The lowest BCUT2D eigenvalue weighted by atomic mass is 10.0. The minimum absolute atomic E-state index is 0.0594. The van der Waals surface area contributed by atoms with E-state index in [1.807, 2.05) is 114 Å². The summed E-state index contributed by atoms with van der Waals surface area (Å²) in [4.78, 5) is 49.2. The minimum Gasteiger partial charge on any atom is -0.493 e. The van der Waals surface area contributed by atoms with Crippen molar-refractivity contribution >= 4 is 40.7 Å². The lowest BCUT2D eigenvalue weighted by molar-refractivity contribution is 0.0664. The molecule has 21 nitrogen and oxygen atoms in total. The molecule has 1 saturated heterocycles. The average Bonchev–Trinajstić information content (AvgIpc) is 1.54. The number of amides is 1. The van der Waals surface area contributed by atoms with Gasteiger partial charge < -0.3 is 40.0 Å². The quantitative estimate of drug-likeness (QED) is 0.0981. The molecule has 0 spiro atoms. The summed E-state index contributed by atoms with van der Waals surface area (Å²) >= 11 is 0. The van der Waals surface area contributed by atoms with Gasteiger partial charge >= 0.3 is 0 Å². The van der Waals surface area contributed by atoms with Crippen LogP contribution < -0.4 is 30.2 Å². The first-order valence-corrected chi connectivity index (χ1v) is 31.2. The van der Waals surface area contributed by atoms with Gasteiger partial charge in [-0.1, -0.05) is 12.1 Å². The monoisotopic (exact) mass is 1270 g/mol. The highest BCUT2D eigenvalue weighted by Crippen LogP contribution is 2.36. The standard InChI is InChI=1S/C28H29FN6O2.C22H20FN5O.C20H19FN6O/c1-18-17-35-26(32-18)22(19-3-5-20(6-4-19)27(36)34-12-10-33(2)11-13-34)15-30-28(35)31-16-23-21-9-14-37-25(21)8-7-24(23)29;1-13-9-15(5-7-24-13)17-10-25-22(28-12-14(2)27-21(17)28)26-11-18-16-6-8-29-20(16)4-3-19(18)23;1-12-11-27-19(25-12)15(17-5-7-24-26(17)2)10-23-20(27)22-9-14-13-6-8-28-18(13)4-3-16(14)21/h3-8,15,17H,9-14,16H2,1-2H3,(H,30,31);3-5,7,9-10,12H,6,8,11H2,1-2H3,(H,25,26);3-5,7,10-11H,6,8-9H2,1-2H3,(H,22,23). The molecule has 94 heavy (non-hydrogen) atoms. The van der Waals surface area contributed by atoms with Crippen molar-refractivity contribution in [2.75, 3.05) is 69.0 Å². The third kappa shape index (κ3) is 12.0. The van der Waals surface area contributed by atoms with Gasteiger partial charge in [0.25, 0.3) is 5.91 Å². The van der Waals surface area contributed by atoms with Crippen LogP contribution in [0, 0.1) is 45.1 Å². The zero-order valence-corrected chi connectivity index (χ0v) is 52.8. The van der Waals surface area contributed by atoms with Crippen LogP contribution in [0.25, 0.3) is 50.5 Å². The zero-order valence-electron chi connectivity index (χ0n) is 52.8. The van der Waals surface area contributed by atoms with Crippen LogP contribution in [0.3, 0.4) is 0 Å². The number of benzene rings is 4. The van der Waals surface area contributed by atoms with Crippen LogP contribution in [-0.4, -0.2) is 127 Å². The fourth-order valence-electron chi connectivity index (χ4n) is 12.6. The van der Waals surface area contributed by atoms with E-state index in [4.69, 9.17) is 19.2 Å². The first-order chi connectivity index (χ1) is 45.7. The van der Waals surface area contributed by atoms with E-state index < -0.39 is 0 Å². The third-order valence-electron chi connectivity index (χ3n) is 17.5. The van der Waals surface area contributed by atoms with Gasteiger partial charge in [0.05, 0.1) is 48.2 Å². The maximum atomic E-state index is 14.6. The van der Waals surface area contributed by atoms with E-state index in [-0.39, 0.29) is 23.4 Å². The number of carbonyl (C=O) groups is 1. The minimum atomic E-state index is -0.252. The summed E-state index contributed by atoms with van der Waals surface area (Å²) in [7, 11) is 3.96. The van der Waals surface area contributed by atoms with Crippen LogP contribution >= 0.6 is 0 Å². The highest BCUT2D eigenvalue weighted by atomic mass is 19.1. The second-order valence-electron chi connectivity index (χ2n) is 23.8. The van der Waals surface area contributed by atoms with E-state index in [1.54, 1.807) is 53.9 Å². The van der Waals surface area contributed by atoms with Crippen LogP contribution in [-0.2, 0) is 45.9 Å². The molecular formula is C70H68F3N17O4. The average molecular weight is 1270 g/mol. The summed E-state index contributed by atoms with van der Waals surface area (Å²) < 4.78 is 67.7. The normalized spacial score (nSPS) is 13.9. The highest BCUT2D eigenvalue weighted by Gasteiger charge is 2.26. The molecule has 8 aromatic heterocycles. The van der Waals surface area contributed by atoms with E-state index in [1.165, 1.54) is 18.2 Å². The Bertz CT molecular complexity index is 4860. The SMILES string of the molecule is Cc1cc(-c2cnc(NCc3c(F)ccc4c3CCO4)n3cc(C)nc23)ccn1.Cc1cn2c(NCc3c(F)ccc4c3CCO4)ncc(-c3ccc(C(=O)N4CCN(C)CC4)cc3)c2n1.Cc1cn2c(NCc3c(F)ccc4c3CCO4)ncc(-c3ccnn3C)c2n1. The number of likely N-dealkylation sites (N-methyl/N-ethyl adjacent to an activating group) is 1. The molecular weight excluding hydrogens is 1200 g/mol. The largest absolute Gasteiger partial charge is 0.493 e. The van der Waals surface area contributed by atoms with Gasteiger partial charge in [-0.2, -0.15) is 5.10 Å². The van der Waals surface area contributed by atoms with Gasteiger partial charge in [-0.25, -0.2) is 43.1 Å².